The summed E-state index contributed by atoms with van der Waals surface area (Å²) in [5.41, 5.74) is 14.7. The van der Waals surface area contributed by atoms with Crippen LogP contribution in [0.2, 0.25) is 0 Å². The Hall–Kier alpha value is -7.11. The number of pyridine rings is 2. The van der Waals surface area contributed by atoms with E-state index < -0.39 is 0 Å². The van der Waals surface area contributed by atoms with Crippen molar-refractivity contribution in [3.8, 4) is 78.6 Å². The molecular formula is C48H34N4O. The summed E-state index contributed by atoms with van der Waals surface area (Å²) in [7, 11) is 0. The van der Waals surface area contributed by atoms with Gasteiger partial charge in [0.25, 0.3) is 0 Å². The quantitative estimate of drug-likeness (QED) is 0.182. The van der Waals surface area contributed by atoms with Gasteiger partial charge in [-0.3, -0.25) is 14.5 Å². The lowest BCUT2D eigenvalue weighted by molar-refractivity contribution is 0.476. The van der Waals surface area contributed by atoms with Crippen molar-refractivity contribution in [1.82, 2.24) is 19.5 Å². The number of rotatable bonds is 7. The smallest absolute Gasteiger partial charge is 0.149 e. The fraction of sp³-hybridized carbons (Fsp3) is 0.0208. The maximum Gasteiger partial charge on any atom is 0.149 e. The van der Waals surface area contributed by atoms with Gasteiger partial charge < -0.3 is 5.11 Å². The van der Waals surface area contributed by atoms with E-state index >= 15 is 0 Å². The largest absolute Gasteiger partial charge is 0.507 e. The number of aromatic nitrogens is 4. The van der Waals surface area contributed by atoms with Gasteiger partial charge >= 0.3 is 0 Å². The Labute approximate surface area is 308 Å². The first-order valence-electron chi connectivity index (χ1n) is 17.6. The highest BCUT2D eigenvalue weighted by Crippen LogP contribution is 2.39. The molecule has 0 saturated carbocycles. The molecule has 3 heterocycles. The van der Waals surface area contributed by atoms with Crippen molar-refractivity contribution in [2.45, 2.75) is 6.92 Å². The third-order valence-electron chi connectivity index (χ3n) is 9.71. The fourth-order valence-corrected chi connectivity index (χ4v) is 7.04. The van der Waals surface area contributed by atoms with Crippen LogP contribution in [0.15, 0.2) is 182 Å². The molecule has 0 aliphatic heterocycles. The summed E-state index contributed by atoms with van der Waals surface area (Å²) in [4.78, 5) is 14.9. The molecule has 6 aromatic carbocycles. The summed E-state index contributed by atoms with van der Waals surface area (Å²) in [5, 5.41) is 11.1. The maximum atomic E-state index is 11.1. The van der Waals surface area contributed by atoms with Crippen LogP contribution in [0.4, 0.5) is 0 Å². The minimum Gasteiger partial charge on any atom is -0.507 e. The Morgan fingerprint density at radius 2 is 1.09 bits per heavy atom. The Morgan fingerprint density at radius 3 is 1.81 bits per heavy atom. The number of fused-ring (bicyclic) bond motifs is 1. The molecule has 0 saturated heterocycles. The van der Waals surface area contributed by atoms with E-state index in [1.807, 2.05) is 80.1 Å². The van der Waals surface area contributed by atoms with Crippen molar-refractivity contribution in [1.29, 1.82) is 0 Å². The molecule has 252 valence electrons. The van der Waals surface area contributed by atoms with Crippen molar-refractivity contribution < 1.29 is 5.11 Å². The first-order valence-corrected chi connectivity index (χ1v) is 17.6. The van der Waals surface area contributed by atoms with Gasteiger partial charge in [0.15, 0.2) is 0 Å². The molecule has 0 aliphatic rings. The standard InChI is InChI=1S/C48H34N4O/c1-32-17-22-46(53)42(25-32)48-51-47-43(30-49-31-45(47)52(48)41-15-9-4-10-16-41)39-26-38(34-13-7-3-8-14-34)27-40(28-39)44-29-37(23-24-50-44)36-20-18-35(19-21-36)33-11-5-2-6-12-33/h2-31,53H,1H3. The monoisotopic (exact) mass is 682 g/mol. The zero-order chi connectivity index (χ0) is 35.7. The lowest BCUT2D eigenvalue weighted by atomic mass is 9.94. The number of para-hydroxylation sites is 1. The summed E-state index contributed by atoms with van der Waals surface area (Å²) >= 11 is 0. The first kappa shape index (κ1) is 31.8. The van der Waals surface area contributed by atoms with Crippen LogP contribution in [0, 0.1) is 6.92 Å². The van der Waals surface area contributed by atoms with Crippen LogP contribution >= 0.6 is 0 Å². The molecule has 0 fully saturated rings. The summed E-state index contributed by atoms with van der Waals surface area (Å²) in [6.45, 7) is 2.02. The maximum absolute atomic E-state index is 11.1. The molecule has 9 rings (SSSR count). The van der Waals surface area contributed by atoms with Crippen molar-refractivity contribution in [3.63, 3.8) is 0 Å². The molecule has 0 aliphatic carbocycles. The van der Waals surface area contributed by atoms with E-state index in [9.17, 15) is 5.11 Å². The van der Waals surface area contributed by atoms with Gasteiger partial charge in [-0.25, -0.2) is 4.98 Å². The van der Waals surface area contributed by atoms with Gasteiger partial charge in [0.2, 0.25) is 0 Å². The Morgan fingerprint density at radius 1 is 0.491 bits per heavy atom. The molecule has 5 heteroatoms. The van der Waals surface area contributed by atoms with Crippen LogP contribution in [-0.4, -0.2) is 24.6 Å². The van der Waals surface area contributed by atoms with E-state index in [2.05, 4.69) is 108 Å². The lowest BCUT2D eigenvalue weighted by Crippen LogP contribution is -1.98. The van der Waals surface area contributed by atoms with Crippen LogP contribution in [0.5, 0.6) is 5.75 Å². The third kappa shape index (κ3) is 6.15. The van der Waals surface area contributed by atoms with E-state index in [0.717, 1.165) is 66.9 Å². The van der Waals surface area contributed by atoms with Crippen molar-refractivity contribution in [2.75, 3.05) is 0 Å². The number of benzene rings is 6. The second-order valence-electron chi connectivity index (χ2n) is 13.2. The zero-order valence-electron chi connectivity index (χ0n) is 29.1. The van der Waals surface area contributed by atoms with Crippen molar-refractivity contribution >= 4 is 11.0 Å². The molecule has 3 aromatic heterocycles. The second-order valence-corrected chi connectivity index (χ2v) is 13.2. The van der Waals surface area contributed by atoms with Gasteiger partial charge in [0, 0.05) is 29.2 Å². The minimum absolute atomic E-state index is 0.173. The van der Waals surface area contributed by atoms with E-state index in [4.69, 9.17) is 15.0 Å². The Kier molecular flexibility index (Phi) is 8.14. The summed E-state index contributed by atoms with van der Waals surface area (Å²) in [6, 6.07) is 56.1. The van der Waals surface area contributed by atoms with E-state index in [1.165, 1.54) is 11.1 Å². The third-order valence-corrected chi connectivity index (χ3v) is 9.71. The van der Waals surface area contributed by atoms with Gasteiger partial charge in [-0.15, -0.1) is 0 Å². The topological polar surface area (TPSA) is 63.8 Å². The summed E-state index contributed by atoms with van der Waals surface area (Å²) in [5.74, 6) is 0.820. The van der Waals surface area contributed by atoms with Crippen LogP contribution in [-0.2, 0) is 0 Å². The molecule has 0 bridgehead atoms. The highest BCUT2D eigenvalue weighted by molar-refractivity contribution is 5.97. The average Bonchev–Trinajstić information content (AvgIpc) is 3.62. The van der Waals surface area contributed by atoms with E-state index in [1.54, 1.807) is 6.07 Å². The van der Waals surface area contributed by atoms with Crippen LogP contribution < -0.4 is 0 Å². The predicted molar refractivity (Wildman–Crippen MR) is 216 cm³/mol. The molecule has 1 N–H and O–H groups in total. The highest BCUT2D eigenvalue weighted by Gasteiger charge is 2.21. The molecule has 0 radical (unpaired) electrons. The molecule has 5 nitrogen and oxygen atoms in total. The van der Waals surface area contributed by atoms with Crippen LogP contribution in [0.25, 0.3) is 83.9 Å². The van der Waals surface area contributed by atoms with Gasteiger partial charge in [-0.05, 0) is 100 Å². The SMILES string of the molecule is Cc1ccc(O)c(-c2nc3c(-c4cc(-c5ccccc5)cc(-c5cc(-c6ccc(-c7ccccc7)cc6)ccn5)c4)cncc3n2-c2ccccc2)c1. The molecule has 9 aromatic rings. The minimum atomic E-state index is 0.173. The van der Waals surface area contributed by atoms with Gasteiger partial charge in [-0.2, -0.15) is 0 Å². The predicted octanol–water partition coefficient (Wildman–Crippen LogP) is 11.8. The number of aromatic hydroxyl groups is 1. The number of phenols is 1. The number of phenolic OH excluding ortho intramolecular Hbond substituents is 1. The summed E-state index contributed by atoms with van der Waals surface area (Å²) in [6.07, 6.45) is 5.62. The highest BCUT2D eigenvalue weighted by atomic mass is 16.3. The van der Waals surface area contributed by atoms with Crippen molar-refractivity contribution in [2.24, 2.45) is 0 Å². The zero-order valence-corrected chi connectivity index (χ0v) is 29.1. The molecule has 0 atom stereocenters. The van der Waals surface area contributed by atoms with Crippen molar-refractivity contribution in [3.05, 3.63) is 188 Å². The van der Waals surface area contributed by atoms with Crippen LogP contribution in [0.1, 0.15) is 5.56 Å². The molecule has 53 heavy (non-hydrogen) atoms. The number of imidazole rings is 1. The second kappa shape index (κ2) is 13.5. The average molecular weight is 683 g/mol. The Balaban J connectivity index is 1.21. The van der Waals surface area contributed by atoms with Gasteiger partial charge in [0.1, 0.15) is 17.1 Å². The van der Waals surface area contributed by atoms with Gasteiger partial charge in [-0.1, -0.05) is 115 Å². The van der Waals surface area contributed by atoms with E-state index in [-0.39, 0.29) is 5.75 Å². The molecule has 0 unspecified atom stereocenters. The van der Waals surface area contributed by atoms with Gasteiger partial charge in [0.05, 0.1) is 23.0 Å². The fourth-order valence-electron chi connectivity index (χ4n) is 7.04. The number of nitrogens with zero attached hydrogens (tertiary/aromatic N) is 4. The summed E-state index contributed by atoms with van der Waals surface area (Å²) < 4.78 is 2.08. The molecular weight excluding hydrogens is 649 g/mol. The Bertz CT molecular complexity index is 2720. The lowest BCUT2D eigenvalue weighted by Gasteiger charge is -2.13. The van der Waals surface area contributed by atoms with E-state index in [0.29, 0.717) is 11.4 Å². The number of aryl methyl sites for hydroxylation is 1. The normalized spacial score (nSPS) is 11.2. The van der Waals surface area contributed by atoms with Crippen LogP contribution in [0.3, 0.4) is 0 Å². The first-order chi connectivity index (χ1) is 26.1. The number of hydrogen-bond donors (Lipinski definition) is 1. The number of hydrogen-bond acceptors (Lipinski definition) is 4. The molecule has 0 spiro atoms. The molecule has 0 amide bonds.